The highest BCUT2D eigenvalue weighted by Crippen LogP contribution is 2.23. The van der Waals surface area contributed by atoms with Crippen molar-refractivity contribution in [3.05, 3.63) is 59.4 Å². The summed E-state index contributed by atoms with van der Waals surface area (Å²) in [7, 11) is 2.23. The zero-order chi connectivity index (χ0) is 18.5. The third-order valence-electron chi connectivity index (χ3n) is 6.28. The lowest BCUT2D eigenvalue weighted by atomic mass is 9.90. The monoisotopic (exact) mass is 367 g/mol. The zero-order valence-corrected chi connectivity index (χ0v) is 16.6. The van der Waals surface area contributed by atoms with Gasteiger partial charge in [-0.25, -0.2) is 0 Å². The number of hydrogen-bond acceptors (Lipinski definition) is 3. The van der Waals surface area contributed by atoms with Gasteiger partial charge in [-0.2, -0.15) is 0 Å². The van der Waals surface area contributed by atoms with E-state index in [9.17, 15) is 0 Å². The normalized spacial score (nSPS) is 20.2. The summed E-state index contributed by atoms with van der Waals surface area (Å²) < 4.78 is 7.87. The lowest BCUT2D eigenvalue weighted by molar-refractivity contribution is 0.0332. The van der Waals surface area contributed by atoms with Crippen molar-refractivity contribution in [2.45, 2.75) is 32.4 Å². The molecule has 0 unspecified atom stereocenters. The minimum Gasteiger partial charge on any atom is -0.379 e. The molecule has 0 atom stereocenters. The van der Waals surface area contributed by atoms with Crippen LogP contribution in [0.15, 0.2) is 42.5 Å². The first-order valence-electron chi connectivity index (χ1n) is 10.5. The highest BCUT2D eigenvalue weighted by molar-refractivity contribution is 5.17. The molecule has 4 rings (SSSR count). The summed E-state index contributed by atoms with van der Waals surface area (Å²) in [6.07, 6.45) is 3.88. The Balaban J connectivity index is 1.26. The lowest BCUT2D eigenvalue weighted by Gasteiger charge is -2.32. The van der Waals surface area contributed by atoms with Crippen LogP contribution in [0.5, 0.6) is 0 Å². The lowest BCUT2D eigenvalue weighted by Crippen LogP contribution is -2.36. The third kappa shape index (κ3) is 5.01. The summed E-state index contributed by atoms with van der Waals surface area (Å²) in [5.41, 5.74) is 4.36. The molecule has 4 heteroatoms. The molecule has 4 nitrogen and oxygen atoms in total. The van der Waals surface area contributed by atoms with Crippen molar-refractivity contribution >= 4 is 0 Å². The van der Waals surface area contributed by atoms with Crippen LogP contribution in [0, 0.1) is 5.92 Å². The van der Waals surface area contributed by atoms with E-state index in [4.69, 9.17) is 4.74 Å². The number of rotatable bonds is 6. The average Bonchev–Trinajstić information content (AvgIpc) is 3.05. The number of hydrogen-bond donors (Lipinski definition) is 0. The van der Waals surface area contributed by atoms with Crippen molar-refractivity contribution in [2.24, 2.45) is 13.0 Å². The van der Waals surface area contributed by atoms with Gasteiger partial charge in [-0.1, -0.05) is 30.3 Å². The number of piperidine rings is 1. The van der Waals surface area contributed by atoms with Crippen molar-refractivity contribution in [1.82, 2.24) is 14.4 Å². The summed E-state index contributed by atoms with van der Waals surface area (Å²) >= 11 is 0. The number of likely N-dealkylation sites (tertiary alicyclic amines) is 1. The van der Waals surface area contributed by atoms with Gasteiger partial charge in [-0.3, -0.25) is 9.80 Å². The summed E-state index contributed by atoms with van der Waals surface area (Å²) in [4.78, 5) is 5.13. The Morgan fingerprint density at radius 3 is 2.04 bits per heavy atom. The molecule has 0 radical (unpaired) electrons. The first kappa shape index (κ1) is 18.7. The standard InChI is InChI=1S/C23H33N3O/c1-24-22(7-8-23(24)19-26-13-15-27-16-14-26)18-25-11-9-21(10-12-25)17-20-5-3-2-4-6-20/h2-8,21H,9-19H2,1H3. The van der Waals surface area contributed by atoms with E-state index in [1.165, 1.54) is 49.3 Å². The molecule has 0 spiro atoms. The Kier molecular flexibility index (Phi) is 6.28. The zero-order valence-electron chi connectivity index (χ0n) is 16.6. The van der Waals surface area contributed by atoms with Crippen LogP contribution >= 0.6 is 0 Å². The van der Waals surface area contributed by atoms with Gasteiger partial charge in [-0.15, -0.1) is 0 Å². The highest BCUT2D eigenvalue weighted by Gasteiger charge is 2.21. The maximum Gasteiger partial charge on any atom is 0.0594 e. The van der Waals surface area contributed by atoms with Crippen LogP contribution in [-0.4, -0.2) is 53.8 Å². The second-order valence-corrected chi connectivity index (χ2v) is 8.17. The Hall–Kier alpha value is -1.62. The van der Waals surface area contributed by atoms with Gasteiger partial charge in [0.05, 0.1) is 13.2 Å². The molecule has 2 aliphatic heterocycles. The number of morpholine rings is 1. The molecule has 0 amide bonds. The van der Waals surface area contributed by atoms with Crippen LogP contribution in [0.25, 0.3) is 0 Å². The molecule has 2 fully saturated rings. The summed E-state index contributed by atoms with van der Waals surface area (Å²) in [5, 5.41) is 0. The van der Waals surface area contributed by atoms with Gasteiger partial charge in [0.25, 0.3) is 0 Å². The van der Waals surface area contributed by atoms with Crippen LogP contribution in [0.2, 0.25) is 0 Å². The van der Waals surface area contributed by atoms with Gasteiger partial charge in [0.2, 0.25) is 0 Å². The number of ether oxygens (including phenoxy) is 1. The van der Waals surface area contributed by atoms with E-state index in [-0.39, 0.29) is 0 Å². The molecule has 1 aromatic heterocycles. The van der Waals surface area contributed by atoms with E-state index in [2.05, 4.69) is 63.9 Å². The van der Waals surface area contributed by atoms with Gasteiger partial charge >= 0.3 is 0 Å². The molecule has 146 valence electrons. The molecule has 3 heterocycles. The second kappa shape index (κ2) is 9.05. The predicted molar refractivity (Wildman–Crippen MR) is 110 cm³/mol. The van der Waals surface area contributed by atoms with E-state index >= 15 is 0 Å². The van der Waals surface area contributed by atoms with Gasteiger partial charge in [-0.05, 0) is 56.0 Å². The second-order valence-electron chi connectivity index (χ2n) is 8.17. The molecular weight excluding hydrogens is 334 g/mol. The average molecular weight is 368 g/mol. The Morgan fingerprint density at radius 1 is 0.815 bits per heavy atom. The van der Waals surface area contributed by atoms with E-state index in [0.29, 0.717) is 0 Å². The van der Waals surface area contributed by atoms with Crippen molar-refractivity contribution in [3.63, 3.8) is 0 Å². The van der Waals surface area contributed by atoms with E-state index in [1.807, 2.05) is 0 Å². The molecule has 2 aliphatic rings. The predicted octanol–water partition coefficient (Wildman–Crippen LogP) is 3.31. The Morgan fingerprint density at radius 2 is 1.41 bits per heavy atom. The van der Waals surface area contributed by atoms with Crippen molar-refractivity contribution in [2.75, 3.05) is 39.4 Å². The Labute approximate surface area is 163 Å². The van der Waals surface area contributed by atoms with Crippen molar-refractivity contribution in [1.29, 1.82) is 0 Å². The number of nitrogens with zero attached hydrogens (tertiary/aromatic N) is 3. The number of benzene rings is 1. The van der Waals surface area contributed by atoms with Crippen LogP contribution in [0.4, 0.5) is 0 Å². The van der Waals surface area contributed by atoms with Crippen LogP contribution < -0.4 is 0 Å². The molecular formula is C23H33N3O. The molecule has 2 aromatic rings. The number of aromatic nitrogens is 1. The van der Waals surface area contributed by atoms with E-state index in [1.54, 1.807) is 0 Å². The summed E-state index contributed by atoms with van der Waals surface area (Å²) in [5.74, 6) is 0.842. The van der Waals surface area contributed by atoms with Crippen molar-refractivity contribution < 1.29 is 4.74 Å². The smallest absolute Gasteiger partial charge is 0.0594 e. The molecule has 0 saturated carbocycles. The van der Waals surface area contributed by atoms with Gasteiger partial charge < -0.3 is 9.30 Å². The first-order valence-corrected chi connectivity index (χ1v) is 10.5. The maximum absolute atomic E-state index is 5.46. The van der Waals surface area contributed by atoms with Crippen LogP contribution in [0.3, 0.4) is 0 Å². The fraction of sp³-hybridized carbons (Fsp3) is 0.565. The molecule has 0 N–H and O–H groups in total. The van der Waals surface area contributed by atoms with Crippen LogP contribution in [-0.2, 0) is 31.3 Å². The quantitative estimate of drug-likeness (QED) is 0.781. The Bertz CT molecular complexity index is 698. The van der Waals surface area contributed by atoms with Crippen LogP contribution in [0.1, 0.15) is 29.8 Å². The fourth-order valence-corrected chi connectivity index (χ4v) is 4.43. The van der Waals surface area contributed by atoms with E-state index in [0.717, 1.165) is 45.3 Å². The fourth-order valence-electron chi connectivity index (χ4n) is 4.43. The third-order valence-corrected chi connectivity index (χ3v) is 6.28. The molecule has 2 saturated heterocycles. The van der Waals surface area contributed by atoms with E-state index < -0.39 is 0 Å². The molecule has 27 heavy (non-hydrogen) atoms. The maximum atomic E-state index is 5.46. The SMILES string of the molecule is Cn1c(CN2CCOCC2)ccc1CN1CCC(Cc2ccccc2)CC1. The van der Waals surface area contributed by atoms with Gasteiger partial charge in [0.1, 0.15) is 0 Å². The summed E-state index contributed by atoms with van der Waals surface area (Å²) in [6.45, 7) is 8.41. The molecule has 0 aliphatic carbocycles. The minimum atomic E-state index is 0.842. The van der Waals surface area contributed by atoms with Gasteiger partial charge in [0, 0.05) is 44.6 Å². The topological polar surface area (TPSA) is 20.6 Å². The molecule has 1 aromatic carbocycles. The summed E-state index contributed by atoms with van der Waals surface area (Å²) in [6, 6.07) is 15.6. The van der Waals surface area contributed by atoms with Gasteiger partial charge in [0.15, 0.2) is 0 Å². The highest BCUT2D eigenvalue weighted by atomic mass is 16.5. The van der Waals surface area contributed by atoms with Crippen molar-refractivity contribution in [3.8, 4) is 0 Å². The largest absolute Gasteiger partial charge is 0.379 e. The molecule has 0 bridgehead atoms. The first-order chi connectivity index (χ1) is 13.3. The minimum absolute atomic E-state index is 0.842.